The summed E-state index contributed by atoms with van der Waals surface area (Å²) in [5.41, 5.74) is 2.17. The number of nitrogens with zero attached hydrogens (tertiary/aromatic N) is 3. The van der Waals surface area contributed by atoms with E-state index in [-0.39, 0.29) is 6.10 Å². The Morgan fingerprint density at radius 1 is 1.12 bits per heavy atom. The first-order valence-electron chi connectivity index (χ1n) is 8.30. The molecule has 1 aromatic carbocycles. The van der Waals surface area contributed by atoms with Crippen LogP contribution in [0.1, 0.15) is 23.2 Å². The van der Waals surface area contributed by atoms with Crippen molar-refractivity contribution in [1.29, 1.82) is 0 Å². The lowest BCUT2D eigenvalue weighted by Crippen LogP contribution is -2.38. The molecule has 0 saturated carbocycles. The molecule has 0 amide bonds. The molecule has 126 valence electrons. The van der Waals surface area contributed by atoms with Crippen molar-refractivity contribution in [3.8, 4) is 11.5 Å². The summed E-state index contributed by atoms with van der Waals surface area (Å²) in [6.07, 6.45) is 1.79. The fraction of sp³-hybridized carbons (Fsp3) is 0.444. The molecule has 3 heterocycles. The molecule has 2 aliphatic rings. The highest BCUT2D eigenvalue weighted by Crippen LogP contribution is 2.31. The number of aromatic nitrogens is 2. The van der Waals surface area contributed by atoms with Gasteiger partial charge in [-0.15, -0.1) is 0 Å². The number of ether oxygens (including phenoxy) is 3. The molecule has 2 aliphatic heterocycles. The molecule has 0 aliphatic carbocycles. The van der Waals surface area contributed by atoms with E-state index in [0.29, 0.717) is 19.8 Å². The summed E-state index contributed by atoms with van der Waals surface area (Å²) in [5.74, 6) is 2.45. The van der Waals surface area contributed by atoms with Crippen LogP contribution >= 0.6 is 0 Å². The Balaban J connectivity index is 1.45. The summed E-state index contributed by atoms with van der Waals surface area (Å²) in [6.45, 7) is 6.44. The van der Waals surface area contributed by atoms with Crippen molar-refractivity contribution < 1.29 is 14.2 Å². The third kappa shape index (κ3) is 3.34. The van der Waals surface area contributed by atoms with Gasteiger partial charge in [0.25, 0.3) is 0 Å². The summed E-state index contributed by atoms with van der Waals surface area (Å²) in [4.78, 5) is 11.0. The average Bonchev–Trinajstić information content (AvgIpc) is 2.62. The summed E-state index contributed by atoms with van der Waals surface area (Å²) >= 11 is 0. The molecule has 24 heavy (non-hydrogen) atoms. The molecule has 4 rings (SSSR count). The van der Waals surface area contributed by atoms with E-state index in [1.54, 1.807) is 6.20 Å². The predicted octanol–water partition coefficient (Wildman–Crippen LogP) is 2.13. The minimum Gasteiger partial charge on any atom is -0.486 e. The van der Waals surface area contributed by atoms with Crippen LogP contribution in [0.2, 0.25) is 0 Å². The maximum Gasteiger partial charge on any atom is 0.161 e. The van der Waals surface area contributed by atoms with E-state index in [1.807, 2.05) is 19.1 Å². The zero-order chi connectivity index (χ0) is 16.4. The van der Waals surface area contributed by atoms with Crippen LogP contribution < -0.4 is 9.47 Å². The number of fused-ring (bicyclic) bond motifs is 1. The number of rotatable bonds is 3. The van der Waals surface area contributed by atoms with E-state index in [0.717, 1.165) is 42.7 Å². The molecule has 2 aromatic rings. The SMILES string of the molecule is Cc1nccc(C2CN(Cc3ccc4c(c3)OCCO4)CCO2)n1. The highest BCUT2D eigenvalue weighted by atomic mass is 16.6. The molecule has 1 unspecified atom stereocenters. The standard InChI is InChI=1S/C18H21N3O3/c1-13-19-5-4-15(20-13)18-12-21(6-7-22-18)11-14-2-3-16-17(10-14)24-9-8-23-16/h2-5,10,18H,6-9,11-12H2,1H3. The fourth-order valence-corrected chi connectivity index (χ4v) is 3.12. The quantitative estimate of drug-likeness (QED) is 0.861. The monoisotopic (exact) mass is 327 g/mol. The predicted molar refractivity (Wildman–Crippen MR) is 88.2 cm³/mol. The molecule has 0 radical (unpaired) electrons. The van der Waals surface area contributed by atoms with Crippen molar-refractivity contribution in [2.24, 2.45) is 0 Å². The minimum atomic E-state index is -0.00217. The second-order valence-corrected chi connectivity index (χ2v) is 6.10. The average molecular weight is 327 g/mol. The summed E-state index contributed by atoms with van der Waals surface area (Å²) in [7, 11) is 0. The van der Waals surface area contributed by atoms with Gasteiger partial charge in [-0.05, 0) is 30.7 Å². The van der Waals surface area contributed by atoms with Crippen molar-refractivity contribution in [1.82, 2.24) is 14.9 Å². The van der Waals surface area contributed by atoms with E-state index < -0.39 is 0 Å². The van der Waals surface area contributed by atoms with Crippen molar-refractivity contribution in [2.45, 2.75) is 19.6 Å². The number of morpholine rings is 1. The maximum atomic E-state index is 5.90. The van der Waals surface area contributed by atoms with Gasteiger partial charge in [0.05, 0.1) is 12.3 Å². The Labute approximate surface area is 141 Å². The van der Waals surface area contributed by atoms with Crippen LogP contribution in [0.4, 0.5) is 0 Å². The van der Waals surface area contributed by atoms with Gasteiger partial charge in [0.15, 0.2) is 11.5 Å². The van der Waals surface area contributed by atoms with E-state index in [1.165, 1.54) is 5.56 Å². The highest BCUT2D eigenvalue weighted by Gasteiger charge is 2.23. The molecular weight excluding hydrogens is 306 g/mol. The van der Waals surface area contributed by atoms with Crippen molar-refractivity contribution in [3.63, 3.8) is 0 Å². The summed E-state index contributed by atoms with van der Waals surface area (Å²) in [5, 5.41) is 0. The molecule has 6 nitrogen and oxygen atoms in total. The van der Waals surface area contributed by atoms with Crippen LogP contribution in [0.3, 0.4) is 0 Å². The van der Waals surface area contributed by atoms with Gasteiger partial charge in [-0.3, -0.25) is 4.90 Å². The normalized spacial score (nSPS) is 20.8. The minimum absolute atomic E-state index is 0.00217. The van der Waals surface area contributed by atoms with E-state index in [4.69, 9.17) is 14.2 Å². The Kier molecular flexibility index (Phi) is 4.32. The summed E-state index contributed by atoms with van der Waals surface area (Å²) < 4.78 is 17.2. The van der Waals surface area contributed by atoms with Crippen LogP contribution in [-0.4, -0.2) is 47.8 Å². The van der Waals surface area contributed by atoms with Gasteiger partial charge >= 0.3 is 0 Å². The molecule has 1 saturated heterocycles. The smallest absolute Gasteiger partial charge is 0.161 e. The lowest BCUT2D eigenvalue weighted by Gasteiger charge is -2.32. The molecule has 6 heteroatoms. The van der Waals surface area contributed by atoms with Crippen LogP contribution in [0.5, 0.6) is 11.5 Å². The van der Waals surface area contributed by atoms with Crippen molar-refractivity contribution in [3.05, 3.63) is 47.5 Å². The lowest BCUT2D eigenvalue weighted by molar-refractivity contribution is -0.0351. The van der Waals surface area contributed by atoms with Gasteiger partial charge < -0.3 is 14.2 Å². The summed E-state index contributed by atoms with van der Waals surface area (Å²) in [6, 6.07) is 8.11. The zero-order valence-electron chi connectivity index (χ0n) is 13.8. The molecule has 1 fully saturated rings. The topological polar surface area (TPSA) is 56.7 Å². The molecule has 1 atom stereocenters. The zero-order valence-corrected chi connectivity index (χ0v) is 13.8. The van der Waals surface area contributed by atoms with Gasteiger partial charge in [-0.2, -0.15) is 0 Å². The van der Waals surface area contributed by atoms with Gasteiger partial charge in [-0.1, -0.05) is 6.07 Å². The second-order valence-electron chi connectivity index (χ2n) is 6.10. The Hall–Kier alpha value is -2.18. The van der Waals surface area contributed by atoms with Crippen LogP contribution in [0.25, 0.3) is 0 Å². The third-order valence-electron chi connectivity index (χ3n) is 4.29. The van der Waals surface area contributed by atoms with E-state index in [9.17, 15) is 0 Å². The van der Waals surface area contributed by atoms with E-state index in [2.05, 4.69) is 27.0 Å². The fourth-order valence-electron chi connectivity index (χ4n) is 3.12. The first-order chi connectivity index (χ1) is 11.8. The largest absolute Gasteiger partial charge is 0.486 e. The highest BCUT2D eigenvalue weighted by molar-refractivity contribution is 5.43. The number of hydrogen-bond acceptors (Lipinski definition) is 6. The molecular formula is C18H21N3O3. The molecule has 0 N–H and O–H groups in total. The van der Waals surface area contributed by atoms with E-state index >= 15 is 0 Å². The van der Waals surface area contributed by atoms with Gasteiger partial charge in [0, 0.05) is 25.8 Å². The number of hydrogen-bond donors (Lipinski definition) is 0. The Bertz CT molecular complexity index is 722. The number of aryl methyl sites for hydroxylation is 1. The van der Waals surface area contributed by atoms with Gasteiger partial charge in [0.1, 0.15) is 25.1 Å². The van der Waals surface area contributed by atoms with Crippen molar-refractivity contribution >= 4 is 0 Å². The van der Waals surface area contributed by atoms with Gasteiger partial charge in [-0.25, -0.2) is 9.97 Å². The maximum absolute atomic E-state index is 5.90. The van der Waals surface area contributed by atoms with Crippen LogP contribution in [-0.2, 0) is 11.3 Å². The lowest BCUT2D eigenvalue weighted by atomic mass is 10.1. The first kappa shape index (κ1) is 15.4. The Morgan fingerprint density at radius 2 is 2.00 bits per heavy atom. The molecule has 0 bridgehead atoms. The second kappa shape index (κ2) is 6.75. The molecule has 0 spiro atoms. The number of benzene rings is 1. The first-order valence-corrected chi connectivity index (χ1v) is 8.30. The third-order valence-corrected chi connectivity index (χ3v) is 4.29. The van der Waals surface area contributed by atoms with Crippen LogP contribution in [0, 0.1) is 6.92 Å². The Morgan fingerprint density at radius 3 is 2.88 bits per heavy atom. The van der Waals surface area contributed by atoms with Crippen molar-refractivity contribution in [2.75, 3.05) is 32.9 Å². The van der Waals surface area contributed by atoms with Gasteiger partial charge in [0.2, 0.25) is 0 Å². The van der Waals surface area contributed by atoms with Crippen LogP contribution in [0.15, 0.2) is 30.5 Å². The molecule has 1 aromatic heterocycles.